The molecule has 1 aromatic rings. The first-order valence-electron chi connectivity index (χ1n) is 4.58. The van der Waals surface area contributed by atoms with E-state index in [2.05, 4.69) is 31.0 Å². The van der Waals surface area contributed by atoms with Gasteiger partial charge >= 0.3 is 6.01 Å². The van der Waals surface area contributed by atoms with Gasteiger partial charge in [-0.3, -0.25) is 4.57 Å². The second-order valence-electron chi connectivity index (χ2n) is 4.64. The summed E-state index contributed by atoms with van der Waals surface area (Å²) in [6.07, 6.45) is 1.73. The first-order chi connectivity index (χ1) is 6.07. The van der Waals surface area contributed by atoms with Crippen LogP contribution in [0.3, 0.4) is 0 Å². The molecule has 0 saturated heterocycles. The molecule has 0 saturated carbocycles. The normalized spacial score (nSPS) is 22.2. The first kappa shape index (κ1) is 8.53. The van der Waals surface area contributed by atoms with Crippen LogP contribution in [-0.4, -0.2) is 21.4 Å². The monoisotopic (exact) mass is 181 g/mol. The molecule has 0 aromatic carbocycles. The third-order valence-electron chi connectivity index (χ3n) is 2.64. The molecule has 0 aliphatic carbocycles. The van der Waals surface area contributed by atoms with Gasteiger partial charge in [0.2, 0.25) is 0 Å². The zero-order chi connectivity index (χ0) is 9.47. The topological polar surface area (TPSA) is 39.9 Å². The van der Waals surface area contributed by atoms with Crippen LogP contribution in [0.4, 0.5) is 0 Å². The van der Waals surface area contributed by atoms with Crippen LogP contribution in [-0.2, 0) is 6.54 Å². The van der Waals surface area contributed by atoms with Gasteiger partial charge in [-0.25, -0.2) is 0 Å². The fourth-order valence-electron chi connectivity index (χ4n) is 1.47. The van der Waals surface area contributed by atoms with E-state index in [0.29, 0.717) is 11.9 Å². The molecule has 4 nitrogen and oxygen atoms in total. The summed E-state index contributed by atoms with van der Waals surface area (Å²) in [4.78, 5) is 0. The predicted octanol–water partition coefficient (Wildman–Crippen LogP) is 1.33. The van der Waals surface area contributed by atoms with Gasteiger partial charge in [-0.2, -0.15) is 0 Å². The lowest BCUT2D eigenvalue weighted by molar-refractivity contribution is 0.0863. The van der Waals surface area contributed by atoms with Gasteiger partial charge in [0.1, 0.15) is 6.33 Å². The van der Waals surface area contributed by atoms with Crippen molar-refractivity contribution < 1.29 is 4.74 Å². The maximum Gasteiger partial charge on any atom is 0.316 e. The predicted molar refractivity (Wildman–Crippen MR) is 48.5 cm³/mol. The van der Waals surface area contributed by atoms with Gasteiger partial charge < -0.3 is 4.74 Å². The van der Waals surface area contributed by atoms with Crippen molar-refractivity contribution in [2.45, 2.75) is 27.3 Å². The molecule has 1 aliphatic rings. The molecule has 0 spiro atoms. The highest BCUT2D eigenvalue weighted by molar-refractivity contribution is 4.97. The molecule has 4 heteroatoms. The molecule has 0 amide bonds. The molecule has 13 heavy (non-hydrogen) atoms. The van der Waals surface area contributed by atoms with Crippen molar-refractivity contribution in [1.82, 2.24) is 14.8 Å². The highest BCUT2D eigenvalue weighted by Gasteiger charge is 2.30. The number of hydrogen-bond donors (Lipinski definition) is 0. The van der Waals surface area contributed by atoms with Crippen LogP contribution >= 0.6 is 0 Å². The highest BCUT2D eigenvalue weighted by atomic mass is 16.5. The number of nitrogens with zero attached hydrogens (tertiary/aromatic N) is 3. The Kier molecular flexibility index (Phi) is 1.78. The molecule has 2 heterocycles. The minimum absolute atomic E-state index is 0.280. The zero-order valence-corrected chi connectivity index (χ0v) is 8.32. The first-order valence-corrected chi connectivity index (χ1v) is 4.58. The van der Waals surface area contributed by atoms with E-state index in [-0.39, 0.29) is 5.41 Å². The van der Waals surface area contributed by atoms with Crippen LogP contribution in [0.15, 0.2) is 6.33 Å². The number of fused-ring (bicyclic) bond motifs is 1. The number of aromatic nitrogens is 3. The minimum Gasteiger partial charge on any atom is -0.463 e. The molecule has 0 fully saturated rings. The number of rotatable bonds is 0. The summed E-state index contributed by atoms with van der Waals surface area (Å²) in [7, 11) is 0. The fourth-order valence-corrected chi connectivity index (χ4v) is 1.47. The van der Waals surface area contributed by atoms with Crippen molar-refractivity contribution in [3.05, 3.63) is 6.33 Å². The third kappa shape index (κ3) is 1.53. The van der Waals surface area contributed by atoms with Gasteiger partial charge in [-0.15, -0.1) is 5.10 Å². The van der Waals surface area contributed by atoms with Gasteiger partial charge in [-0.05, 0) is 5.41 Å². The van der Waals surface area contributed by atoms with E-state index in [1.165, 1.54) is 0 Å². The van der Waals surface area contributed by atoms with Gasteiger partial charge in [-0.1, -0.05) is 25.9 Å². The van der Waals surface area contributed by atoms with Crippen molar-refractivity contribution >= 4 is 0 Å². The van der Waals surface area contributed by atoms with E-state index in [0.717, 1.165) is 13.2 Å². The second-order valence-corrected chi connectivity index (χ2v) is 4.64. The average Bonchev–Trinajstić information content (AvgIpc) is 2.47. The van der Waals surface area contributed by atoms with Gasteiger partial charge in [0.25, 0.3) is 0 Å². The summed E-state index contributed by atoms with van der Waals surface area (Å²) < 4.78 is 7.46. The largest absolute Gasteiger partial charge is 0.463 e. The summed E-state index contributed by atoms with van der Waals surface area (Å²) in [5.74, 6) is 0.538. The molecule has 0 bridgehead atoms. The zero-order valence-electron chi connectivity index (χ0n) is 8.32. The van der Waals surface area contributed by atoms with Crippen LogP contribution in [0, 0.1) is 11.3 Å². The van der Waals surface area contributed by atoms with E-state index in [4.69, 9.17) is 4.74 Å². The standard InChI is InChI=1S/C9H15N3O/c1-9(2,3)7-4-12-6-10-11-8(12)13-5-7/h6-7H,4-5H2,1-3H3. The molecule has 72 valence electrons. The van der Waals surface area contributed by atoms with Gasteiger partial charge in [0.05, 0.1) is 6.61 Å². The molecular weight excluding hydrogens is 166 g/mol. The van der Waals surface area contributed by atoms with E-state index >= 15 is 0 Å². The Hall–Kier alpha value is -1.06. The maximum atomic E-state index is 5.49. The van der Waals surface area contributed by atoms with Gasteiger partial charge in [0, 0.05) is 12.5 Å². The van der Waals surface area contributed by atoms with Crippen molar-refractivity contribution in [2.24, 2.45) is 11.3 Å². The van der Waals surface area contributed by atoms with Crippen LogP contribution in [0.1, 0.15) is 20.8 Å². The Morgan fingerprint density at radius 1 is 1.54 bits per heavy atom. The smallest absolute Gasteiger partial charge is 0.316 e. The lowest BCUT2D eigenvalue weighted by atomic mass is 9.81. The Bertz CT molecular complexity index is 300. The fraction of sp³-hybridized carbons (Fsp3) is 0.778. The highest BCUT2D eigenvalue weighted by Crippen LogP contribution is 2.31. The summed E-state index contributed by atoms with van der Waals surface area (Å²) in [6, 6.07) is 0.653. The SMILES string of the molecule is CC(C)(C)C1COc2nncn2C1. The van der Waals surface area contributed by atoms with Gasteiger partial charge in [0.15, 0.2) is 0 Å². The minimum atomic E-state index is 0.280. The van der Waals surface area contributed by atoms with Crippen LogP contribution in [0.5, 0.6) is 6.01 Å². The lowest BCUT2D eigenvalue weighted by Gasteiger charge is -2.33. The number of hydrogen-bond acceptors (Lipinski definition) is 3. The molecular formula is C9H15N3O. The van der Waals surface area contributed by atoms with Crippen molar-refractivity contribution in [1.29, 1.82) is 0 Å². The molecule has 1 aliphatic heterocycles. The summed E-state index contributed by atoms with van der Waals surface area (Å²) >= 11 is 0. The van der Waals surface area contributed by atoms with E-state index < -0.39 is 0 Å². The Labute approximate surface area is 77.9 Å². The van der Waals surface area contributed by atoms with E-state index in [1.54, 1.807) is 6.33 Å². The summed E-state index contributed by atoms with van der Waals surface area (Å²) in [5.41, 5.74) is 0.280. The molecule has 1 unspecified atom stereocenters. The maximum absolute atomic E-state index is 5.49. The van der Waals surface area contributed by atoms with Crippen LogP contribution in [0.25, 0.3) is 0 Å². The number of ether oxygens (including phenoxy) is 1. The molecule has 1 aromatic heterocycles. The van der Waals surface area contributed by atoms with Crippen molar-refractivity contribution in [3.63, 3.8) is 0 Å². The second kappa shape index (κ2) is 2.72. The quantitative estimate of drug-likeness (QED) is 0.606. The molecule has 0 radical (unpaired) electrons. The lowest BCUT2D eigenvalue weighted by Crippen LogP contribution is -2.34. The average molecular weight is 181 g/mol. The Morgan fingerprint density at radius 3 is 3.00 bits per heavy atom. The van der Waals surface area contributed by atoms with E-state index in [9.17, 15) is 0 Å². The summed E-state index contributed by atoms with van der Waals surface area (Å²) in [5, 5.41) is 7.67. The Balaban J connectivity index is 2.18. The molecule has 2 rings (SSSR count). The van der Waals surface area contributed by atoms with Crippen molar-refractivity contribution in [2.75, 3.05) is 6.61 Å². The van der Waals surface area contributed by atoms with Crippen LogP contribution in [0.2, 0.25) is 0 Å². The Morgan fingerprint density at radius 2 is 2.31 bits per heavy atom. The van der Waals surface area contributed by atoms with Crippen molar-refractivity contribution in [3.8, 4) is 6.01 Å². The third-order valence-corrected chi connectivity index (χ3v) is 2.64. The molecule has 1 atom stereocenters. The summed E-state index contributed by atoms with van der Waals surface area (Å²) in [6.45, 7) is 8.41. The molecule has 0 N–H and O–H groups in total. The van der Waals surface area contributed by atoms with Crippen LogP contribution < -0.4 is 4.74 Å². The van der Waals surface area contributed by atoms with E-state index in [1.807, 2.05) is 4.57 Å².